The molecule has 1 aliphatic rings. The van der Waals surface area contributed by atoms with Crippen LogP contribution in [0.4, 0.5) is 0 Å². The molecule has 122 valence electrons. The summed E-state index contributed by atoms with van der Waals surface area (Å²) in [7, 11) is 1.79. The van der Waals surface area contributed by atoms with Gasteiger partial charge in [0, 0.05) is 30.9 Å². The van der Waals surface area contributed by atoms with E-state index < -0.39 is 0 Å². The lowest BCUT2D eigenvalue weighted by Crippen LogP contribution is -2.39. The van der Waals surface area contributed by atoms with Gasteiger partial charge in [-0.25, -0.2) is 0 Å². The summed E-state index contributed by atoms with van der Waals surface area (Å²) >= 11 is 5.84. The maximum absolute atomic E-state index is 12.4. The van der Waals surface area contributed by atoms with Gasteiger partial charge < -0.3 is 10.2 Å². The van der Waals surface area contributed by atoms with Gasteiger partial charge in [-0.15, -0.1) is 0 Å². The van der Waals surface area contributed by atoms with Crippen LogP contribution in [-0.4, -0.2) is 23.9 Å². The molecule has 5 heteroatoms. The maximum Gasteiger partial charge on any atom is 0.265 e. The minimum Gasteiger partial charge on any atom is -0.386 e. The first-order valence-corrected chi connectivity index (χ1v) is 8.35. The SMILES string of the molecule is CN(C(=O)/C(C#N)=C\NCc1ccc(Cl)cc1)C1CCCCC1. The third-order valence-corrected chi connectivity index (χ3v) is 4.51. The fraction of sp³-hybridized carbons (Fsp3) is 0.444. The van der Waals surface area contributed by atoms with E-state index in [4.69, 9.17) is 11.6 Å². The molecule has 1 fully saturated rings. The molecule has 1 aromatic rings. The van der Waals surface area contributed by atoms with E-state index in [-0.39, 0.29) is 17.5 Å². The zero-order valence-corrected chi connectivity index (χ0v) is 14.1. The van der Waals surface area contributed by atoms with Gasteiger partial charge in [-0.2, -0.15) is 5.26 Å². The average molecular weight is 332 g/mol. The van der Waals surface area contributed by atoms with Crippen LogP contribution in [0.25, 0.3) is 0 Å². The van der Waals surface area contributed by atoms with Crippen molar-refractivity contribution in [2.24, 2.45) is 0 Å². The van der Waals surface area contributed by atoms with Crippen molar-refractivity contribution in [1.82, 2.24) is 10.2 Å². The third kappa shape index (κ3) is 5.01. The van der Waals surface area contributed by atoms with Crippen LogP contribution < -0.4 is 5.32 Å². The largest absolute Gasteiger partial charge is 0.386 e. The molecule has 1 saturated carbocycles. The van der Waals surface area contributed by atoms with Gasteiger partial charge >= 0.3 is 0 Å². The van der Waals surface area contributed by atoms with E-state index in [0.29, 0.717) is 11.6 Å². The van der Waals surface area contributed by atoms with Crippen molar-refractivity contribution in [2.75, 3.05) is 7.05 Å². The molecule has 0 saturated heterocycles. The number of rotatable bonds is 5. The normalized spacial score (nSPS) is 15.8. The van der Waals surface area contributed by atoms with Gasteiger partial charge in [-0.05, 0) is 30.5 Å². The topological polar surface area (TPSA) is 56.1 Å². The Morgan fingerprint density at radius 3 is 2.61 bits per heavy atom. The van der Waals surface area contributed by atoms with E-state index in [2.05, 4.69) is 5.32 Å². The van der Waals surface area contributed by atoms with E-state index >= 15 is 0 Å². The molecule has 0 aliphatic heterocycles. The molecule has 1 N–H and O–H groups in total. The lowest BCUT2D eigenvalue weighted by Gasteiger charge is -2.31. The van der Waals surface area contributed by atoms with Crippen molar-refractivity contribution in [3.63, 3.8) is 0 Å². The number of hydrogen-bond acceptors (Lipinski definition) is 3. The minimum absolute atomic E-state index is 0.145. The summed E-state index contributed by atoms with van der Waals surface area (Å²) in [5.74, 6) is -0.206. The van der Waals surface area contributed by atoms with Crippen molar-refractivity contribution in [3.05, 3.63) is 46.6 Å². The molecule has 0 unspecified atom stereocenters. The first-order chi connectivity index (χ1) is 11.1. The highest BCUT2D eigenvalue weighted by molar-refractivity contribution is 6.30. The Labute approximate surface area is 142 Å². The summed E-state index contributed by atoms with van der Waals surface area (Å²) in [5.41, 5.74) is 1.18. The van der Waals surface area contributed by atoms with Gasteiger partial charge in [-0.3, -0.25) is 4.79 Å². The number of carbonyl (C=O) groups excluding carboxylic acids is 1. The standard InChI is InChI=1S/C18H22ClN3O/c1-22(17-5-3-2-4-6-17)18(23)15(11-20)13-21-12-14-7-9-16(19)10-8-14/h7-10,13,17,21H,2-6,12H2,1H3/b15-13-. The van der Waals surface area contributed by atoms with E-state index in [1.807, 2.05) is 30.3 Å². The molecular weight excluding hydrogens is 310 g/mol. The van der Waals surface area contributed by atoms with Crippen molar-refractivity contribution in [1.29, 1.82) is 5.26 Å². The maximum atomic E-state index is 12.4. The highest BCUT2D eigenvalue weighted by atomic mass is 35.5. The second-order valence-electron chi connectivity index (χ2n) is 5.89. The number of hydrogen-bond donors (Lipinski definition) is 1. The Morgan fingerprint density at radius 1 is 1.35 bits per heavy atom. The molecule has 1 aliphatic carbocycles. The monoisotopic (exact) mass is 331 g/mol. The smallest absolute Gasteiger partial charge is 0.265 e. The van der Waals surface area contributed by atoms with Gasteiger partial charge in [0.05, 0.1) is 0 Å². The molecular formula is C18H22ClN3O. The number of halogens is 1. The third-order valence-electron chi connectivity index (χ3n) is 4.26. The number of nitrogens with zero attached hydrogens (tertiary/aromatic N) is 2. The predicted molar refractivity (Wildman–Crippen MR) is 91.6 cm³/mol. The second-order valence-corrected chi connectivity index (χ2v) is 6.32. The summed E-state index contributed by atoms with van der Waals surface area (Å²) in [4.78, 5) is 14.2. The number of likely N-dealkylation sites (N-methyl/N-ethyl adjacent to an activating group) is 1. The lowest BCUT2D eigenvalue weighted by atomic mass is 9.94. The molecule has 2 rings (SSSR count). The highest BCUT2D eigenvalue weighted by Crippen LogP contribution is 2.22. The van der Waals surface area contributed by atoms with Gasteiger partial charge in [0.15, 0.2) is 0 Å². The lowest BCUT2D eigenvalue weighted by molar-refractivity contribution is -0.128. The quantitative estimate of drug-likeness (QED) is 0.662. The zero-order valence-electron chi connectivity index (χ0n) is 13.4. The van der Waals surface area contributed by atoms with Gasteiger partial charge in [0.1, 0.15) is 11.6 Å². The number of nitriles is 1. The van der Waals surface area contributed by atoms with Crippen LogP contribution in [0.15, 0.2) is 36.0 Å². The van der Waals surface area contributed by atoms with E-state index in [9.17, 15) is 10.1 Å². The number of carbonyl (C=O) groups is 1. The van der Waals surface area contributed by atoms with Crippen LogP contribution in [0.1, 0.15) is 37.7 Å². The molecule has 1 aromatic carbocycles. The zero-order chi connectivity index (χ0) is 16.7. The Kier molecular flexibility index (Phi) is 6.49. The summed E-state index contributed by atoms with van der Waals surface area (Å²) < 4.78 is 0. The fourth-order valence-electron chi connectivity index (χ4n) is 2.84. The van der Waals surface area contributed by atoms with Gasteiger partial charge in [-0.1, -0.05) is 43.0 Å². The first-order valence-electron chi connectivity index (χ1n) is 7.97. The Morgan fingerprint density at radius 2 is 2.00 bits per heavy atom. The molecule has 0 heterocycles. The van der Waals surface area contributed by atoms with Crippen molar-refractivity contribution >= 4 is 17.5 Å². The highest BCUT2D eigenvalue weighted by Gasteiger charge is 2.24. The van der Waals surface area contributed by atoms with Crippen molar-refractivity contribution in [2.45, 2.75) is 44.7 Å². The number of amides is 1. The van der Waals surface area contributed by atoms with Crippen LogP contribution in [0.2, 0.25) is 5.02 Å². The van der Waals surface area contributed by atoms with Gasteiger partial charge in [0.2, 0.25) is 0 Å². The summed E-state index contributed by atoms with van der Waals surface area (Å²) in [6, 6.07) is 9.70. The van der Waals surface area contributed by atoms with Crippen molar-refractivity contribution < 1.29 is 4.79 Å². The molecule has 0 bridgehead atoms. The summed E-state index contributed by atoms with van der Waals surface area (Å²) in [6.07, 6.45) is 7.11. The molecule has 1 amide bonds. The van der Waals surface area contributed by atoms with Crippen molar-refractivity contribution in [3.8, 4) is 6.07 Å². The predicted octanol–water partition coefficient (Wildman–Crippen LogP) is 3.63. The molecule has 0 atom stereocenters. The molecule has 0 radical (unpaired) electrons. The van der Waals surface area contributed by atoms with Gasteiger partial charge in [0.25, 0.3) is 5.91 Å². The van der Waals surface area contributed by atoms with Crippen LogP contribution >= 0.6 is 11.6 Å². The Bertz CT molecular complexity index is 598. The molecule has 4 nitrogen and oxygen atoms in total. The Balaban J connectivity index is 1.93. The number of nitrogens with one attached hydrogen (secondary N) is 1. The van der Waals surface area contributed by atoms with Crippen LogP contribution in [0, 0.1) is 11.3 Å². The molecule has 0 spiro atoms. The molecule has 0 aromatic heterocycles. The first kappa shape index (κ1) is 17.4. The van der Waals surface area contributed by atoms with Crippen LogP contribution in [-0.2, 0) is 11.3 Å². The Hall–Kier alpha value is -1.99. The minimum atomic E-state index is -0.206. The van der Waals surface area contributed by atoms with E-state index in [0.717, 1.165) is 31.2 Å². The van der Waals surface area contributed by atoms with E-state index in [1.165, 1.54) is 12.6 Å². The van der Waals surface area contributed by atoms with Crippen LogP contribution in [0.3, 0.4) is 0 Å². The summed E-state index contributed by atoms with van der Waals surface area (Å²) in [6.45, 7) is 0.544. The van der Waals surface area contributed by atoms with Crippen LogP contribution in [0.5, 0.6) is 0 Å². The summed E-state index contributed by atoms with van der Waals surface area (Å²) in [5, 5.41) is 13.0. The molecule has 23 heavy (non-hydrogen) atoms. The fourth-order valence-corrected chi connectivity index (χ4v) is 2.97. The average Bonchev–Trinajstić information content (AvgIpc) is 2.60. The second kappa shape index (κ2) is 8.59. The number of benzene rings is 1. The van der Waals surface area contributed by atoms with E-state index in [1.54, 1.807) is 11.9 Å².